The van der Waals surface area contributed by atoms with Crippen LogP contribution in [0.2, 0.25) is 0 Å². The zero-order valence-corrected chi connectivity index (χ0v) is 12.2. The Labute approximate surface area is 116 Å². The Morgan fingerprint density at radius 3 is 2.84 bits per heavy atom. The topological polar surface area (TPSA) is 30.5 Å². The third kappa shape index (κ3) is 3.48. The van der Waals surface area contributed by atoms with E-state index < -0.39 is 0 Å². The fourth-order valence-corrected chi connectivity index (χ4v) is 2.81. The highest BCUT2D eigenvalue weighted by atomic mass is 16.5. The van der Waals surface area contributed by atoms with Gasteiger partial charge in [-0.25, -0.2) is 0 Å². The molecule has 0 bridgehead atoms. The Morgan fingerprint density at radius 2 is 2.26 bits per heavy atom. The summed E-state index contributed by atoms with van der Waals surface area (Å²) in [7, 11) is 1.72. The summed E-state index contributed by atoms with van der Waals surface area (Å²) in [6.07, 6.45) is 3.89. The van der Waals surface area contributed by atoms with Crippen molar-refractivity contribution in [1.29, 1.82) is 0 Å². The quantitative estimate of drug-likeness (QED) is 0.884. The minimum absolute atomic E-state index is 0.287. The average Bonchev–Trinajstić information content (AvgIpc) is 2.45. The van der Waals surface area contributed by atoms with E-state index in [1.165, 1.54) is 24.0 Å². The van der Waals surface area contributed by atoms with Crippen LogP contribution in [0, 0.1) is 6.92 Å². The van der Waals surface area contributed by atoms with Gasteiger partial charge in [-0.1, -0.05) is 19.1 Å². The molecule has 1 fully saturated rings. The van der Waals surface area contributed by atoms with E-state index in [0.717, 1.165) is 25.3 Å². The maximum atomic E-state index is 5.95. The van der Waals surface area contributed by atoms with Crippen LogP contribution < -0.4 is 10.1 Å². The van der Waals surface area contributed by atoms with Gasteiger partial charge in [-0.2, -0.15) is 0 Å². The summed E-state index contributed by atoms with van der Waals surface area (Å²) in [5.74, 6) is 0.948. The number of benzene rings is 1. The predicted octanol–water partition coefficient (Wildman–Crippen LogP) is 3.22. The first kappa shape index (κ1) is 14.4. The molecule has 0 saturated carbocycles. The third-order valence-electron chi connectivity index (χ3n) is 3.79. The Balaban J connectivity index is 2.19. The van der Waals surface area contributed by atoms with Gasteiger partial charge in [0.15, 0.2) is 0 Å². The second-order valence-corrected chi connectivity index (χ2v) is 5.17. The van der Waals surface area contributed by atoms with Crippen molar-refractivity contribution in [3.63, 3.8) is 0 Å². The third-order valence-corrected chi connectivity index (χ3v) is 3.79. The van der Waals surface area contributed by atoms with Gasteiger partial charge in [-0.3, -0.25) is 0 Å². The maximum absolute atomic E-state index is 5.95. The van der Waals surface area contributed by atoms with Gasteiger partial charge in [0, 0.05) is 6.61 Å². The number of hydrogen-bond acceptors (Lipinski definition) is 3. The average molecular weight is 263 g/mol. The molecule has 0 amide bonds. The van der Waals surface area contributed by atoms with Gasteiger partial charge in [0.05, 0.1) is 19.3 Å². The molecule has 1 aromatic carbocycles. The van der Waals surface area contributed by atoms with Crippen LogP contribution in [0.15, 0.2) is 18.2 Å². The van der Waals surface area contributed by atoms with Crippen LogP contribution in [0.5, 0.6) is 5.75 Å². The molecule has 0 radical (unpaired) electrons. The van der Waals surface area contributed by atoms with Crippen molar-refractivity contribution < 1.29 is 9.47 Å². The van der Waals surface area contributed by atoms with Gasteiger partial charge in [0.1, 0.15) is 5.75 Å². The lowest BCUT2D eigenvalue weighted by atomic mass is 9.94. The van der Waals surface area contributed by atoms with E-state index in [1.54, 1.807) is 7.11 Å². The number of rotatable bonds is 5. The molecule has 0 aromatic heterocycles. The van der Waals surface area contributed by atoms with Crippen molar-refractivity contribution >= 4 is 0 Å². The molecular weight excluding hydrogens is 238 g/mol. The normalized spacial score (nSPS) is 21.1. The van der Waals surface area contributed by atoms with Crippen molar-refractivity contribution in [3.05, 3.63) is 29.3 Å². The molecule has 1 N–H and O–H groups in total. The van der Waals surface area contributed by atoms with E-state index >= 15 is 0 Å². The van der Waals surface area contributed by atoms with Crippen LogP contribution in [0.4, 0.5) is 0 Å². The summed E-state index contributed by atoms with van der Waals surface area (Å²) in [6.45, 7) is 6.08. The molecule has 19 heavy (non-hydrogen) atoms. The van der Waals surface area contributed by atoms with E-state index in [9.17, 15) is 0 Å². The van der Waals surface area contributed by atoms with Crippen LogP contribution in [0.3, 0.4) is 0 Å². The fourth-order valence-electron chi connectivity index (χ4n) is 2.81. The number of nitrogens with one attached hydrogen (secondary N) is 1. The Kier molecular flexibility index (Phi) is 5.23. The van der Waals surface area contributed by atoms with Crippen LogP contribution in [-0.2, 0) is 4.74 Å². The van der Waals surface area contributed by atoms with Crippen LogP contribution in [0.25, 0.3) is 0 Å². The van der Waals surface area contributed by atoms with Crippen molar-refractivity contribution in [1.82, 2.24) is 5.32 Å². The van der Waals surface area contributed by atoms with E-state index in [0.29, 0.717) is 6.10 Å². The van der Waals surface area contributed by atoms with Gasteiger partial charge in [0.25, 0.3) is 0 Å². The molecule has 1 aliphatic heterocycles. The monoisotopic (exact) mass is 263 g/mol. The first-order valence-electron chi connectivity index (χ1n) is 7.25. The maximum Gasteiger partial charge on any atom is 0.121 e. The van der Waals surface area contributed by atoms with E-state index in [1.807, 2.05) is 0 Å². The van der Waals surface area contributed by atoms with Crippen LogP contribution >= 0.6 is 0 Å². The molecule has 1 aromatic rings. The van der Waals surface area contributed by atoms with Crippen molar-refractivity contribution in [2.24, 2.45) is 0 Å². The lowest BCUT2D eigenvalue weighted by molar-refractivity contribution is -0.00788. The largest absolute Gasteiger partial charge is 0.496 e. The molecule has 1 saturated heterocycles. The first-order valence-corrected chi connectivity index (χ1v) is 7.25. The summed E-state index contributed by atoms with van der Waals surface area (Å²) in [4.78, 5) is 0. The van der Waals surface area contributed by atoms with E-state index in [4.69, 9.17) is 9.47 Å². The summed E-state index contributed by atoms with van der Waals surface area (Å²) in [6, 6.07) is 6.70. The van der Waals surface area contributed by atoms with Gasteiger partial charge >= 0.3 is 0 Å². The van der Waals surface area contributed by atoms with Gasteiger partial charge in [0.2, 0.25) is 0 Å². The zero-order chi connectivity index (χ0) is 13.7. The molecule has 2 rings (SSSR count). The minimum atomic E-state index is 0.287. The fraction of sp³-hybridized carbons (Fsp3) is 0.625. The van der Waals surface area contributed by atoms with Crippen LogP contribution in [0.1, 0.15) is 43.4 Å². The highest BCUT2D eigenvalue weighted by Crippen LogP contribution is 2.29. The molecule has 2 atom stereocenters. The molecule has 3 nitrogen and oxygen atoms in total. The molecule has 3 heteroatoms. The lowest BCUT2D eigenvalue weighted by Gasteiger charge is -2.31. The standard InChI is InChI=1S/C16H25NO2/c1-4-17-16(15-7-5-6-10-19-15)13-8-9-14(18-3)12(2)11-13/h8-9,11,15-17H,4-7,10H2,1-3H3. The minimum Gasteiger partial charge on any atom is -0.496 e. The molecule has 1 aliphatic rings. The zero-order valence-electron chi connectivity index (χ0n) is 12.2. The van der Waals surface area contributed by atoms with E-state index in [2.05, 4.69) is 37.4 Å². The molecular formula is C16H25NO2. The number of methoxy groups -OCH3 is 1. The summed E-state index contributed by atoms with van der Waals surface area (Å²) in [5.41, 5.74) is 2.48. The summed E-state index contributed by atoms with van der Waals surface area (Å²) < 4.78 is 11.3. The SMILES string of the molecule is CCNC(c1ccc(OC)c(C)c1)C1CCCCO1. The van der Waals surface area contributed by atoms with Crippen LogP contribution in [-0.4, -0.2) is 26.4 Å². The first-order chi connectivity index (χ1) is 9.26. The highest BCUT2D eigenvalue weighted by Gasteiger charge is 2.25. The summed E-state index contributed by atoms with van der Waals surface area (Å²) >= 11 is 0. The number of ether oxygens (including phenoxy) is 2. The van der Waals surface area contributed by atoms with Gasteiger partial charge in [-0.15, -0.1) is 0 Å². The second-order valence-electron chi connectivity index (χ2n) is 5.17. The van der Waals surface area contributed by atoms with Crippen molar-refractivity contribution in [2.45, 2.75) is 45.3 Å². The molecule has 106 valence electrons. The van der Waals surface area contributed by atoms with E-state index in [-0.39, 0.29) is 6.04 Å². The number of hydrogen-bond donors (Lipinski definition) is 1. The smallest absolute Gasteiger partial charge is 0.121 e. The number of aryl methyl sites for hydroxylation is 1. The predicted molar refractivity (Wildman–Crippen MR) is 77.7 cm³/mol. The Hall–Kier alpha value is -1.06. The van der Waals surface area contributed by atoms with Crippen molar-refractivity contribution in [3.8, 4) is 5.75 Å². The lowest BCUT2D eigenvalue weighted by Crippen LogP contribution is -2.36. The Bertz CT molecular complexity index is 400. The molecule has 2 unspecified atom stereocenters. The molecule has 0 aliphatic carbocycles. The number of likely N-dealkylation sites (N-methyl/N-ethyl adjacent to an activating group) is 1. The van der Waals surface area contributed by atoms with Gasteiger partial charge < -0.3 is 14.8 Å². The summed E-state index contributed by atoms with van der Waals surface area (Å²) in [5, 5.41) is 3.57. The highest BCUT2D eigenvalue weighted by molar-refractivity contribution is 5.37. The van der Waals surface area contributed by atoms with Gasteiger partial charge in [-0.05, 0) is 49.9 Å². The second kappa shape index (κ2) is 6.92. The molecule has 0 spiro atoms. The Morgan fingerprint density at radius 1 is 1.42 bits per heavy atom. The van der Waals surface area contributed by atoms with Crippen molar-refractivity contribution in [2.75, 3.05) is 20.3 Å². The molecule has 1 heterocycles.